The van der Waals surface area contributed by atoms with Crippen LogP contribution in [-0.4, -0.2) is 29.4 Å². The highest BCUT2D eigenvalue weighted by molar-refractivity contribution is 5.94. The number of anilines is 1. The molecule has 0 aliphatic rings. The average Bonchev–Trinajstić information content (AvgIpc) is 2.59. The highest BCUT2D eigenvalue weighted by Crippen LogP contribution is 2.20. The van der Waals surface area contributed by atoms with Gasteiger partial charge in [-0.2, -0.15) is 0 Å². The van der Waals surface area contributed by atoms with E-state index >= 15 is 0 Å². The molecular weight excluding hydrogens is 318 g/mol. The van der Waals surface area contributed by atoms with Crippen LogP contribution in [0, 0.1) is 20.2 Å². The zero-order chi connectivity index (χ0) is 17.7. The van der Waals surface area contributed by atoms with Crippen LogP contribution < -0.4 is 9.64 Å². The molecule has 24 heavy (non-hydrogen) atoms. The molecule has 9 nitrogen and oxygen atoms in total. The van der Waals surface area contributed by atoms with Crippen LogP contribution in [0.25, 0.3) is 0 Å². The van der Waals surface area contributed by atoms with Crippen molar-refractivity contribution in [2.75, 3.05) is 18.6 Å². The molecule has 124 valence electrons. The van der Waals surface area contributed by atoms with Crippen LogP contribution in [0.5, 0.6) is 5.75 Å². The fourth-order valence-electron chi connectivity index (χ4n) is 1.87. The molecule has 0 radical (unpaired) electrons. The van der Waals surface area contributed by atoms with E-state index in [1.807, 2.05) is 0 Å². The van der Waals surface area contributed by atoms with Gasteiger partial charge in [0.2, 0.25) is 0 Å². The summed E-state index contributed by atoms with van der Waals surface area (Å²) in [5, 5.41) is 21.3. The van der Waals surface area contributed by atoms with E-state index in [0.717, 1.165) is 0 Å². The lowest BCUT2D eigenvalue weighted by Crippen LogP contribution is -2.31. The van der Waals surface area contributed by atoms with Crippen molar-refractivity contribution in [3.63, 3.8) is 0 Å². The number of ether oxygens (including phenoxy) is 1. The Morgan fingerprint density at radius 1 is 1.04 bits per heavy atom. The number of hydrogen-bond donors (Lipinski definition) is 0. The van der Waals surface area contributed by atoms with E-state index in [1.165, 1.54) is 60.5 Å². The minimum Gasteiger partial charge on any atom is -0.483 e. The highest BCUT2D eigenvalue weighted by Gasteiger charge is 2.14. The normalized spacial score (nSPS) is 10.0. The summed E-state index contributed by atoms with van der Waals surface area (Å²) in [6, 6.07) is 11.0. The number of carbonyl (C=O) groups is 1. The molecule has 0 heterocycles. The number of non-ortho nitro benzene ring substituents is 2. The Hall–Kier alpha value is -3.49. The maximum Gasteiger partial charge on any atom is 0.273 e. The number of amides is 1. The predicted octanol–water partition coefficient (Wildman–Crippen LogP) is 2.54. The standard InChI is InChI=1S/C15H13N3O6/c1-16(11-5-7-12(8-6-11)17(20)21)15(19)10-24-14-4-2-3-13(9-14)18(22)23/h2-9H,10H2,1H3. The minimum atomic E-state index is -0.558. The SMILES string of the molecule is CN(C(=O)COc1cccc([N+](=O)[O-])c1)c1ccc([N+](=O)[O-])cc1. The topological polar surface area (TPSA) is 116 Å². The quantitative estimate of drug-likeness (QED) is 0.593. The van der Waals surface area contributed by atoms with Crippen LogP contribution in [0.1, 0.15) is 0 Å². The number of nitro groups is 2. The Morgan fingerprint density at radius 3 is 2.25 bits per heavy atom. The second kappa shape index (κ2) is 7.18. The molecule has 0 atom stereocenters. The van der Waals surface area contributed by atoms with Crippen LogP contribution in [-0.2, 0) is 4.79 Å². The smallest absolute Gasteiger partial charge is 0.273 e. The Labute approximate surface area is 136 Å². The van der Waals surface area contributed by atoms with Gasteiger partial charge >= 0.3 is 0 Å². The van der Waals surface area contributed by atoms with Crippen molar-refractivity contribution in [2.45, 2.75) is 0 Å². The lowest BCUT2D eigenvalue weighted by Gasteiger charge is -2.17. The molecule has 0 N–H and O–H groups in total. The summed E-state index contributed by atoms with van der Waals surface area (Å²) in [7, 11) is 1.50. The summed E-state index contributed by atoms with van der Waals surface area (Å²) in [6.45, 7) is -0.325. The van der Waals surface area contributed by atoms with Crippen LogP contribution >= 0.6 is 0 Å². The Morgan fingerprint density at radius 2 is 1.67 bits per heavy atom. The predicted molar refractivity (Wildman–Crippen MR) is 85.1 cm³/mol. The molecule has 2 aromatic rings. The molecule has 9 heteroatoms. The lowest BCUT2D eigenvalue weighted by molar-refractivity contribution is -0.385. The zero-order valence-electron chi connectivity index (χ0n) is 12.6. The second-order valence-corrected chi connectivity index (χ2v) is 4.77. The van der Waals surface area contributed by atoms with E-state index in [1.54, 1.807) is 0 Å². The first-order chi connectivity index (χ1) is 11.4. The van der Waals surface area contributed by atoms with E-state index < -0.39 is 15.8 Å². The largest absolute Gasteiger partial charge is 0.483 e. The van der Waals surface area contributed by atoms with E-state index in [2.05, 4.69) is 0 Å². The number of likely N-dealkylation sites (N-methyl/N-ethyl adjacent to an activating group) is 1. The first kappa shape index (κ1) is 16.9. The van der Waals surface area contributed by atoms with Crippen molar-refractivity contribution < 1.29 is 19.4 Å². The average molecular weight is 331 g/mol. The third kappa shape index (κ3) is 4.03. The molecule has 0 bridgehead atoms. The molecule has 1 amide bonds. The van der Waals surface area contributed by atoms with Gasteiger partial charge in [0.1, 0.15) is 5.75 Å². The van der Waals surface area contributed by atoms with Gasteiger partial charge in [-0.1, -0.05) is 6.07 Å². The minimum absolute atomic E-state index is 0.0764. The van der Waals surface area contributed by atoms with Gasteiger partial charge in [0.05, 0.1) is 15.9 Å². The maximum absolute atomic E-state index is 12.1. The van der Waals surface area contributed by atoms with Gasteiger partial charge in [-0.25, -0.2) is 0 Å². The fraction of sp³-hybridized carbons (Fsp3) is 0.133. The molecule has 0 saturated carbocycles. The first-order valence-electron chi connectivity index (χ1n) is 6.77. The van der Waals surface area contributed by atoms with E-state index in [4.69, 9.17) is 4.74 Å². The van der Waals surface area contributed by atoms with Crippen LogP contribution in [0.3, 0.4) is 0 Å². The van der Waals surface area contributed by atoms with Crippen molar-refractivity contribution >= 4 is 23.0 Å². The maximum atomic E-state index is 12.1. The van der Waals surface area contributed by atoms with Crippen LogP contribution in [0.15, 0.2) is 48.5 Å². The van der Waals surface area contributed by atoms with E-state index in [0.29, 0.717) is 5.69 Å². The van der Waals surface area contributed by atoms with Gasteiger partial charge in [0.15, 0.2) is 6.61 Å². The van der Waals surface area contributed by atoms with Crippen molar-refractivity contribution in [3.8, 4) is 5.75 Å². The monoisotopic (exact) mass is 331 g/mol. The van der Waals surface area contributed by atoms with Gasteiger partial charge in [0.25, 0.3) is 17.3 Å². The lowest BCUT2D eigenvalue weighted by atomic mass is 10.2. The molecule has 2 aromatic carbocycles. The molecule has 0 aliphatic heterocycles. The van der Waals surface area contributed by atoms with Gasteiger partial charge in [0, 0.05) is 30.9 Å². The summed E-state index contributed by atoms with van der Waals surface area (Å²) in [5.41, 5.74) is 0.254. The van der Waals surface area contributed by atoms with Crippen LogP contribution in [0.2, 0.25) is 0 Å². The number of benzene rings is 2. The van der Waals surface area contributed by atoms with Gasteiger partial charge in [-0.3, -0.25) is 25.0 Å². The summed E-state index contributed by atoms with van der Waals surface area (Å²) >= 11 is 0. The summed E-state index contributed by atoms with van der Waals surface area (Å²) in [5.74, 6) is -0.204. The molecule has 0 saturated heterocycles. The second-order valence-electron chi connectivity index (χ2n) is 4.77. The molecule has 0 aromatic heterocycles. The van der Waals surface area contributed by atoms with E-state index in [9.17, 15) is 25.0 Å². The van der Waals surface area contributed by atoms with Crippen molar-refractivity contribution in [1.29, 1.82) is 0 Å². The third-order valence-electron chi connectivity index (χ3n) is 3.21. The number of rotatable bonds is 6. The Balaban J connectivity index is 2.00. The van der Waals surface area contributed by atoms with Gasteiger partial charge in [-0.05, 0) is 18.2 Å². The Bertz CT molecular complexity index is 775. The summed E-state index contributed by atoms with van der Waals surface area (Å²) in [6.07, 6.45) is 0. The molecule has 0 spiro atoms. The number of nitro benzene ring substituents is 2. The number of nitrogens with zero attached hydrogens (tertiary/aromatic N) is 3. The molecule has 0 fully saturated rings. The Kier molecular flexibility index (Phi) is 5.05. The fourth-order valence-corrected chi connectivity index (χ4v) is 1.87. The van der Waals surface area contributed by atoms with E-state index in [-0.39, 0.29) is 23.7 Å². The van der Waals surface area contributed by atoms with Crippen molar-refractivity contribution in [3.05, 3.63) is 68.8 Å². The molecule has 0 aliphatic carbocycles. The molecule has 2 rings (SSSR count). The van der Waals surface area contributed by atoms with Gasteiger partial charge < -0.3 is 9.64 Å². The zero-order valence-corrected chi connectivity index (χ0v) is 12.6. The number of carbonyl (C=O) groups excluding carboxylic acids is 1. The summed E-state index contributed by atoms with van der Waals surface area (Å²) < 4.78 is 5.26. The molecule has 0 unspecified atom stereocenters. The molecular formula is C15H13N3O6. The highest BCUT2D eigenvalue weighted by atomic mass is 16.6. The van der Waals surface area contributed by atoms with Gasteiger partial charge in [-0.15, -0.1) is 0 Å². The van der Waals surface area contributed by atoms with Crippen molar-refractivity contribution in [1.82, 2.24) is 0 Å². The van der Waals surface area contributed by atoms with Crippen molar-refractivity contribution in [2.24, 2.45) is 0 Å². The summed E-state index contributed by atoms with van der Waals surface area (Å²) in [4.78, 5) is 33.6. The number of hydrogen-bond acceptors (Lipinski definition) is 6. The third-order valence-corrected chi connectivity index (χ3v) is 3.21. The first-order valence-corrected chi connectivity index (χ1v) is 6.77. The van der Waals surface area contributed by atoms with Crippen LogP contribution in [0.4, 0.5) is 17.1 Å².